The molecule has 0 fully saturated rings. The molecule has 0 unspecified atom stereocenters. The Balaban J connectivity index is 2.16. The van der Waals surface area contributed by atoms with Gasteiger partial charge in [0.15, 0.2) is 5.78 Å². The molecule has 16 heavy (non-hydrogen) atoms. The van der Waals surface area contributed by atoms with Crippen molar-refractivity contribution in [3.63, 3.8) is 0 Å². The Kier molecular flexibility index (Phi) is 3.00. The van der Waals surface area contributed by atoms with Gasteiger partial charge in [-0.2, -0.15) is 0 Å². The first kappa shape index (κ1) is 10.8. The average molecular weight is 214 g/mol. The molecule has 1 aliphatic rings. The van der Waals surface area contributed by atoms with E-state index < -0.39 is 0 Å². The zero-order valence-corrected chi connectivity index (χ0v) is 9.32. The van der Waals surface area contributed by atoms with Crippen molar-refractivity contribution in [2.24, 2.45) is 0 Å². The van der Waals surface area contributed by atoms with Crippen molar-refractivity contribution < 1.29 is 9.59 Å². The van der Waals surface area contributed by atoms with Crippen molar-refractivity contribution in [3.8, 4) is 0 Å². The van der Waals surface area contributed by atoms with Crippen molar-refractivity contribution >= 4 is 11.6 Å². The van der Waals surface area contributed by atoms with Crippen LogP contribution in [0.4, 0.5) is 0 Å². The third-order valence-electron chi connectivity index (χ3n) is 2.67. The molecule has 0 bridgehead atoms. The summed E-state index contributed by atoms with van der Waals surface area (Å²) in [4.78, 5) is 22.5. The summed E-state index contributed by atoms with van der Waals surface area (Å²) in [6, 6.07) is 8.15. The number of benzene rings is 1. The maximum Gasteiger partial charge on any atom is 0.163 e. The number of Topliss-reactive ketones (excluding diaryl/α,β-unsaturated/α-hetero) is 1. The molecule has 0 saturated heterocycles. The molecule has 0 aliphatic heterocycles. The van der Waals surface area contributed by atoms with Crippen molar-refractivity contribution in [1.82, 2.24) is 0 Å². The lowest BCUT2D eigenvalue weighted by Gasteiger charge is -2.11. The van der Waals surface area contributed by atoms with Crippen molar-refractivity contribution in [1.29, 1.82) is 0 Å². The number of rotatable bonds is 2. The second-order valence-electron chi connectivity index (χ2n) is 4.33. The van der Waals surface area contributed by atoms with E-state index in [0.29, 0.717) is 12.8 Å². The lowest BCUT2D eigenvalue weighted by atomic mass is 9.92. The van der Waals surface area contributed by atoms with Crippen LogP contribution in [0.25, 0.3) is 0 Å². The molecule has 82 valence electrons. The van der Waals surface area contributed by atoms with Crippen molar-refractivity contribution in [3.05, 3.63) is 47.0 Å². The molecule has 1 aromatic rings. The fourth-order valence-corrected chi connectivity index (χ4v) is 2.04. The summed E-state index contributed by atoms with van der Waals surface area (Å²) >= 11 is 0. The second-order valence-corrected chi connectivity index (χ2v) is 4.33. The standard InChI is InChI=1S/C14H14O2/c1-10-3-2-4-11(5-10)6-12-7-13(15)9-14(16)8-12/h2-5,7H,6,8-9H2,1H3. The van der Waals surface area contributed by atoms with Crippen LogP contribution in [0.5, 0.6) is 0 Å². The number of hydrogen-bond acceptors (Lipinski definition) is 2. The minimum Gasteiger partial charge on any atom is -0.299 e. The zero-order chi connectivity index (χ0) is 11.5. The Hall–Kier alpha value is -1.70. The second kappa shape index (κ2) is 4.44. The van der Waals surface area contributed by atoms with E-state index in [0.717, 1.165) is 11.1 Å². The lowest BCUT2D eigenvalue weighted by Crippen LogP contribution is -2.14. The molecule has 0 amide bonds. The summed E-state index contributed by atoms with van der Waals surface area (Å²) < 4.78 is 0. The smallest absolute Gasteiger partial charge is 0.163 e. The highest BCUT2D eigenvalue weighted by atomic mass is 16.1. The Morgan fingerprint density at radius 3 is 2.69 bits per heavy atom. The van der Waals surface area contributed by atoms with Gasteiger partial charge in [-0.3, -0.25) is 9.59 Å². The van der Waals surface area contributed by atoms with Crippen LogP contribution in [-0.2, 0) is 16.0 Å². The SMILES string of the molecule is Cc1cccc(CC2=CC(=O)CC(=O)C2)c1. The minimum atomic E-state index is -0.0566. The molecule has 0 radical (unpaired) electrons. The van der Waals surface area contributed by atoms with Crippen molar-refractivity contribution in [2.45, 2.75) is 26.2 Å². The van der Waals surface area contributed by atoms with E-state index >= 15 is 0 Å². The molecular formula is C14H14O2. The largest absolute Gasteiger partial charge is 0.299 e. The third kappa shape index (κ3) is 2.66. The quantitative estimate of drug-likeness (QED) is 0.708. The van der Waals surface area contributed by atoms with Gasteiger partial charge in [0.2, 0.25) is 0 Å². The monoisotopic (exact) mass is 214 g/mol. The van der Waals surface area contributed by atoms with Gasteiger partial charge in [0.25, 0.3) is 0 Å². The number of carbonyl (C=O) groups is 2. The molecule has 0 heterocycles. The van der Waals surface area contributed by atoms with Crippen LogP contribution in [0.3, 0.4) is 0 Å². The maximum atomic E-state index is 11.3. The topological polar surface area (TPSA) is 34.1 Å². The van der Waals surface area contributed by atoms with Gasteiger partial charge < -0.3 is 0 Å². The Bertz CT molecular complexity index is 469. The highest BCUT2D eigenvalue weighted by Crippen LogP contribution is 2.18. The summed E-state index contributed by atoms with van der Waals surface area (Å²) in [5.41, 5.74) is 3.30. The van der Waals surface area contributed by atoms with Gasteiger partial charge in [-0.25, -0.2) is 0 Å². The predicted octanol–water partition coefficient (Wildman–Crippen LogP) is 2.40. The number of aryl methyl sites for hydroxylation is 1. The predicted molar refractivity (Wildman–Crippen MR) is 62.2 cm³/mol. The Labute approximate surface area is 95.0 Å². The molecule has 0 spiro atoms. The molecule has 1 aromatic carbocycles. The van der Waals surface area contributed by atoms with E-state index in [1.54, 1.807) is 6.08 Å². The highest BCUT2D eigenvalue weighted by molar-refractivity contribution is 6.08. The summed E-state index contributed by atoms with van der Waals surface area (Å²) in [5, 5.41) is 0. The van der Waals surface area contributed by atoms with E-state index in [9.17, 15) is 9.59 Å². The Morgan fingerprint density at radius 2 is 2.00 bits per heavy atom. The molecule has 1 aliphatic carbocycles. The van der Waals surface area contributed by atoms with Gasteiger partial charge >= 0.3 is 0 Å². The van der Waals surface area contributed by atoms with Gasteiger partial charge in [-0.05, 0) is 25.0 Å². The van der Waals surface area contributed by atoms with E-state index in [1.165, 1.54) is 5.56 Å². The molecule has 0 N–H and O–H groups in total. The molecule has 0 aromatic heterocycles. The van der Waals surface area contributed by atoms with Crippen LogP contribution in [-0.4, -0.2) is 11.6 Å². The molecule has 2 rings (SSSR count). The van der Waals surface area contributed by atoms with Crippen molar-refractivity contribution in [2.75, 3.05) is 0 Å². The summed E-state index contributed by atoms with van der Waals surface area (Å²) in [5.74, 6) is -0.0194. The first-order valence-corrected chi connectivity index (χ1v) is 5.43. The van der Waals surface area contributed by atoms with E-state index in [4.69, 9.17) is 0 Å². The molecule has 0 saturated carbocycles. The zero-order valence-electron chi connectivity index (χ0n) is 9.32. The highest BCUT2D eigenvalue weighted by Gasteiger charge is 2.17. The van der Waals surface area contributed by atoms with E-state index in [2.05, 4.69) is 6.07 Å². The fourth-order valence-electron chi connectivity index (χ4n) is 2.04. The normalized spacial score (nSPS) is 16.2. The average Bonchev–Trinajstić information content (AvgIpc) is 2.15. The number of hydrogen-bond donors (Lipinski definition) is 0. The minimum absolute atomic E-state index is 0.0372. The van der Waals surface area contributed by atoms with Crippen LogP contribution in [0.1, 0.15) is 24.0 Å². The fraction of sp³-hybridized carbons (Fsp3) is 0.286. The summed E-state index contributed by atoms with van der Waals surface area (Å²) in [7, 11) is 0. The molecule has 2 nitrogen and oxygen atoms in total. The van der Waals surface area contributed by atoms with Gasteiger partial charge in [0, 0.05) is 6.42 Å². The number of allylic oxidation sites excluding steroid dienone is 2. The maximum absolute atomic E-state index is 11.3. The first-order chi connectivity index (χ1) is 7.63. The van der Waals surface area contributed by atoms with Crippen LogP contribution >= 0.6 is 0 Å². The van der Waals surface area contributed by atoms with E-state index in [-0.39, 0.29) is 18.0 Å². The summed E-state index contributed by atoms with van der Waals surface area (Å²) in [6.07, 6.45) is 2.85. The van der Waals surface area contributed by atoms with Gasteiger partial charge in [-0.15, -0.1) is 0 Å². The number of ketones is 2. The van der Waals surface area contributed by atoms with Gasteiger partial charge in [-0.1, -0.05) is 35.4 Å². The van der Waals surface area contributed by atoms with Gasteiger partial charge in [0.1, 0.15) is 5.78 Å². The summed E-state index contributed by atoms with van der Waals surface area (Å²) in [6.45, 7) is 2.04. The number of carbonyl (C=O) groups excluding carboxylic acids is 2. The van der Waals surface area contributed by atoms with Crippen LogP contribution < -0.4 is 0 Å². The van der Waals surface area contributed by atoms with Crippen LogP contribution in [0.2, 0.25) is 0 Å². The Morgan fingerprint density at radius 1 is 1.19 bits per heavy atom. The lowest BCUT2D eigenvalue weighted by molar-refractivity contribution is -0.125. The van der Waals surface area contributed by atoms with Gasteiger partial charge in [0.05, 0.1) is 6.42 Å². The van der Waals surface area contributed by atoms with Crippen LogP contribution in [0.15, 0.2) is 35.9 Å². The molecular weight excluding hydrogens is 200 g/mol. The molecule has 0 atom stereocenters. The molecule has 2 heteroatoms. The van der Waals surface area contributed by atoms with Crippen LogP contribution in [0, 0.1) is 6.92 Å². The van der Waals surface area contributed by atoms with E-state index in [1.807, 2.05) is 25.1 Å². The third-order valence-corrected chi connectivity index (χ3v) is 2.67. The first-order valence-electron chi connectivity index (χ1n) is 5.43.